The fourth-order valence-electron chi connectivity index (χ4n) is 6.87. The molecule has 0 aromatic heterocycles. The van der Waals surface area contributed by atoms with Crippen molar-refractivity contribution in [1.29, 1.82) is 0 Å². The molecule has 4 heteroatoms. The summed E-state index contributed by atoms with van der Waals surface area (Å²) in [5.41, 5.74) is 2.48. The van der Waals surface area contributed by atoms with Crippen LogP contribution in [0.3, 0.4) is 0 Å². The van der Waals surface area contributed by atoms with Crippen molar-refractivity contribution in [2.45, 2.75) is 57.9 Å². The standard InChI is InChI=1S/C24H35N3S/c1-16(2)19-3-5-22(6-4-19)25-24(28)27-9-7-26(8-10-27)23-20-12-17-11-18(14-20)15-21(23)13-17/h3-6,16-18,20-21,23H,7-15H2,1-2H3,(H,25,28). The molecule has 3 nitrogen and oxygen atoms in total. The summed E-state index contributed by atoms with van der Waals surface area (Å²) >= 11 is 5.73. The van der Waals surface area contributed by atoms with E-state index < -0.39 is 0 Å². The van der Waals surface area contributed by atoms with Crippen molar-refractivity contribution in [3.8, 4) is 0 Å². The highest BCUT2D eigenvalue weighted by Crippen LogP contribution is 2.55. The number of hydrogen-bond acceptors (Lipinski definition) is 2. The lowest BCUT2D eigenvalue weighted by Crippen LogP contribution is -2.60. The lowest BCUT2D eigenvalue weighted by Gasteiger charge is -2.58. The zero-order valence-corrected chi connectivity index (χ0v) is 18.3. The van der Waals surface area contributed by atoms with Crippen LogP contribution in [0.1, 0.15) is 57.4 Å². The minimum atomic E-state index is 0.569. The van der Waals surface area contributed by atoms with Gasteiger partial charge in [0.15, 0.2) is 5.11 Å². The molecule has 0 atom stereocenters. The molecule has 0 unspecified atom stereocenters. The van der Waals surface area contributed by atoms with Gasteiger partial charge in [-0.3, -0.25) is 4.90 Å². The Kier molecular flexibility index (Phi) is 5.13. The Bertz CT molecular complexity index is 677. The highest BCUT2D eigenvalue weighted by Gasteiger charge is 2.50. The van der Waals surface area contributed by atoms with Crippen LogP contribution in [0.5, 0.6) is 0 Å². The smallest absolute Gasteiger partial charge is 0.173 e. The molecular formula is C24H35N3S. The van der Waals surface area contributed by atoms with Gasteiger partial charge < -0.3 is 10.2 Å². The van der Waals surface area contributed by atoms with E-state index in [2.05, 4.69) is 53.2 Å². The molecular weight excluding hydrogens is 362 g/mol. The van der Waals surface area contributed by atoms with Crippen LogP contribution in [-0.2, 0) is 0 Å². The Labute approximate surface area is 175 Å². The molecule has 0 spiro atoms. The predicted molar refractivity (Wildman–Crippen MR) is 121 cm³/mol. The van der Waals surface area contributed by atoms with E-state index in [-0.39, 0.29) is 0 Å². The molecule has 5 aliphatic rings. The van der Waals surface area contributed by atoms with Gasteiger partial charge in [0.2, 0.25) is 0 Å². The third-order valence-corrected chi connectivity index (χ3v) is 8.39. The van der Waals surface area contributed by atoms with Crippen molar-refractivity contribution in [2.75, 3.05) is 31.5 Å². The van der Waals surface area contributed by atoms with Crippen LogP contribution in [0, 0.1) is 23.7 Å². The summed E-state index contributed by atoms with van der Waals surface area (Å²) in [5, 5.41) is 4.35. The van der Waals surface area contributed by atoms with Gasteiger partial charge in [-0.2, -0.15) is 0 Å². The van der Waals surface area contributed by atoms with Gasteiger partial charge in [-0.15, -0.1) is 0 Å². The normalized spacial score (nSPS) is 34.8. The van der Waals surface area contributed by atoms with E-state index in [1.807, 2.05) is 0 Å². The summed E-state index contributed by atoms with van der Waals surface area (Å²) in [6.45, 7) is 8.96. The molecule has 6 rings (SSSR count). The molecule has 1 N–H and O–H groups in total. The quantitative estimate of drug-likeness (QED) is 0.727. The van der Waals surface area contributed by atoms with Crippen LogP contribution >= 0.6 is 12.2 Å². The molecule has 152 valence electrons. The number of nitrogens with one attached hydrogen (secondary N) is 1. The van der Waals surface area contributed by atoms with Crippen LogP contribution in [0.25, 0.3) is 0 Å². The van der Waals surface area contributed by atoms with Crippen molar-refractivity contribution < 1.29 is 0 Å². The van der Waals surface area contributed by atoms with Crippen molar-refractivity contribution in [2.24, 2.45) is 23.7 Å². The van der Waals surface area contributed by atoms with Gasteiger partial charge in [-0.1, -0.05) is 26.0 Å². The fraction of sp³-hybridized carbons (Fsp3) is 0.708. The van der Waals surface area contributed by atoms with Gasteiger partial charge in [-0.05, 0) is 91.6 Å². The molecule has 1 heterocycles. The fourth-order valence-corrected chi connectivity index (χ4v) is 7.17. The zero-order valence-electron chi connectivity index (χ0n) is 17.4. The second-order valence-electron chi connectivity index (χ2n) is 10.2. The largest absolute Gasteiger partial charge is 0.346 e. The Balaban J connectivity index is 1.15. The van der Waals surface area contributed by atoms with Crippen LogP contribution < -0.4 is 5.32 Å². The maximum Gasteiger partial charge on any atom is 0.173 e. The van der Waals surface area contributed by atoms with E-state index in [0.717, 1.165) is 53.6 Å². The Morgan fingerprint density at radius 1 is 0.893 bits per heavy atom. The summed E-state index contributed by atoms with van der Waals surface area (Å²) < 4.78 is 0. The number of anilines is 1. The maximum atomic E-state index is 5.73. The summed E-state index contributed by atoms with van der Waals surface area (Å²) in [5.74, 6) is 4.69. The van der Waals surface area contributed by atoms with Crippen LogP contribution in [0.15, 0.2) is 24.3 Å². The maximum absolute atomic E-state index is 5.73. The lowest BCUT2D eigenvalue weighted by molar-refractivity contribution is -0.0726. The highest BCUT2D eigenvalue weighted by molar-refractivity contribution is 7.80. The summed E-state index contributed by atoms with van der Waals surface area (Å²) in [6, 6.07) is 9.61. The molecule has 5 fully saturated rings. The third kappa shape index (κ3) is 3.59. The molecule has 0 radical (unpaired) electrons. The first-order chi connectivity index (χ1) is 13.6. The molecule has 28 heavy (non-hydrogen) atoms. The zero-order chi connectivity index (χ0) is 19.3. The van der Waals surface area contributed by atoms with E-state index in [1.165, 1.54) is 44.3 Å². The van der Waals surface area contributed by atoms with Crippen LogP contribution in [0.2, 0.25) is 0 Å². The molecule has 1 saturated heterocycles. The van der Waals surface area contributed by atoms with Gasteiger partial charge in [0, 0.05) is 37.9 Å². The molecule has 1 aliphatic heterocycles. The van der Waals surface area contributed by atoms with Crippen LogP contribution in [0.4, 0.5) is 5.69 Å². The van der Waals surface area contributed by atoms with Crippen molar-refractivity contribution >= 4 is 23.0 Å². The number of nitrogens with zero attached hydrogens (tertiary/aromatic N) is 2. The van der Waals surface area contributed by atoms with Gasteiger partial charge in [0.1, 0.15) is 0 Å². The second-order valence-corrected chi connectivity index (χ2v) is 10.5. The van der Waals surface area contributed by atoms with Gasteiger partial charge in [0.25, 0.3) is 0 Å². The van der Waals surface area contributed by atoms with Crippen molar-refractivity contribution in [1.82, 2.24) is 9.80 Å². The third-order valence-electron chi connectivity index (χ3n) is 8.03. The number of thiocarbonyl (C=S) groups is 1. The minimum Gasteiger partial charge on any atom is -0.346 e. The average Bonchev–Trinajstić information content (AvgIpc) is 2.68. The first-order valence-corrected chi connectivity index (χ1v) is 11.9. The Hall–Kier alpha value is -1.13. The number of benzene rings is 1. The summed E-state index contributed by atoms with van der Waals surface area (Å²) in [7, 11) is 0. The number of rotatable bonds is 3. The topological polar surface area (TPSA) is 18.5 Å². The van der Waals surface area contributed by atoms with E-state index >= 15 is 0 Å². The Morgan fingerprint density at radius 3 is 2.00 bits per heavy atom. The minimum absolute atomic E-state index is 0.569. The first kappa shape index (κ1) is 18.9. The highest BCUT2D eigenvalue weighted by atomic mass is 32.1. The second kappa shape index (κ2) is 7.60. The monoisotopic (exact) mass is 397 g/mol. The summed E-state index contributed by atoms with van der Waals surface area (Å²) in [4.78, 5) is 5.21. The summed E-state index contributed by atoms with van der Waals surface area (Å²) in [6.07, 6.45) is 7.62. The number of hydrogen-bond donors (Lipinski definition) is 1. The van der Waals surface area contributed by atoms with E-state index in [9.17, 15) is 0 Å². The van der Waals surface area contributed by atoms with Crippen LogP contribution in [-0.4, -0.2) is 47.1 Å². The van der Waals surface area contributed by atoms with Gasteiger partial charge in [0.05, 0.1) is 0 Å². The number of piperazine rings is 1. The molecule has 1 aromatic rings. The predicted octanol–water partition coefficient (Wildman–Crippen LogP) is 4.95. The Morgan fingerprint density at radius 2 is 1.46 bits per heavy atom. The van der Waals surface area contributed by atoms with Crippen molar-refractivity contribution in [3.05, 3.63) is 29.8 Å². The lowest BCUT2D eigenvalue weighted by atomic mass is 9.54. The van der Waals surface area contributed by atoms with E-state index in [4.69, 9.17) is 12.2 Å². The SMILES string of the molecule is CC(C)c1ccc(NC(=S)N2CCN(C3C4CC5CC(C4)CC3C5)CC2)cc1. The van der Waals surface area contributed by atoms with E-state index in [0.29, 0.717) is 5.92 Å². The molecule has 4 bridgehead atoms. The first-order valence-electron chi connectivity index (χ1n) is 11.5. The average molecular weight is 398 g/mol. The van der Waals surface area contributed by atoms with Gasteiger partial charge in [-0.25, -0.2) is 0 Å². The van der Waals surface area contributed by atoms with E-state index in [1.54, 1.807) is 6.42 Å². The molecule has 0 amide bonds. The van der Waals surface area contributed by atoms with Gasteiger partial charge >= 0.3 is 0 Å². The molecule has 4 aliphatic carbocycles. The molecule has 4 saturated carbocycles. The molecule has 1 aromatic carbocycles. The van der Waals surface area contributed by atoms with Crippen molar-refractivity contribution in [3.63, 3.8) is 0 Å².